The van der Waals surface area contributed by atoms with E-state index < -0.39 is 10.0 Å². The van der Waals surface area contributed by atoms with Crippen molar-refractivity contribution in [1.29, 1.82) is 0 Å². The number of ether oxygens (including phenoxy) is 1. The third-order valence-corrected chi connectivity index (χ3v) is 3.11. The van der Waals surface area contributed by atoms with Crippen molar-refractivity contribution in [3.8, 4) is 0 Å². The highest BCUT2D eigenvalue weighted by molar-refractivity contribution is 7.89. The third-order valence-electron chi connectivity index (χ3n) is 2.14. The van der Waals surface area contributed by atoms with Crippen molar-refractivity contribution in [3.05, 3.63) is 24.3 Å². The number of carbonyl (C=O) groups excluding carboxylic acids is 1. The minimum atomic E-state index is -3.77. The lowest BCUT2D eigenvalue weighted by molar-refractivity contribution is -0.142. The van der Waals surface area contributed by atoms with Crippen molar-refractivity contribution in [2.24, 2.45) is 5.14 Å². The van der Waals surface area contributed by atoms with Gasteiger partial charge in [0.1, 0.15) is 4.90 Å². The van der Waals surface area contributed by atoms with Gasteiger partial charge in [-0.2, -0.15) is 0 Å². The van der Waals surface area contributed by atoms with E-state index in [0.717, 1.165) is 0 Å². The van der Waals surface area contributed by atoms with Crippen LogP contribution in [0, 0.1) is 0 Å². The molecule has 0 aromatic heterocycles. The van der Waals surface area contributed by atoms with Crippen molar-refractivity contribution in [2.45, 2.75) is 18.2 Å². The van der Waals surface area contributed by atoms with E-state index in [2.05, 4.69) is 5.32 Å². The smallest absolute Gasteiger partial charge is 0.307 e. The van der Waals surface area contributed by atoms with Gasteiger partial charge in [0.25, 0.3) is 0 Å². The Morgan fingerprint density at radius 2 is 2.06 bits per heavy atom. The summed E-state index contributed by atoms with van der Waals surface area (Å²) in [5.41, 5.74) is 0.379. The molecule has 0 atom stereocenters. The Morgan fingerprint density at radius 1 is 1.39 bits per heavy atom. The summed E-state index contributed by atoms with van der Waals surface area (Å²) in [5, 5.41) is 7.93. The van der Waals surface area contributed by atoms with Crippen molar-refractivity contribution in [3.63, 3.8) is 0 Å². The van der Waals surface area contributed by atoms with Gasteiger partial charge < -0.3 is 10.1 Å². The van der Waals surface area contributed by atoms with Gasteiger partial charge >= 0.3 is 5.97 Å². The minimum Gasteiger partial charge on any atom is -0.466 e. The summed E-state index contributed by atoms with van der Waals surface area (Å²) in [5.74, 6) is -0.335. The average Bonchev–Trinajstić information content (AvgIpc) is 2.28. The quantitative estimate of drug-likeness (QED) is 0.743. The molecule has 0 unspecified atom stereocenters. The molecule has 1 aromatic rings. The largest absolute Gasteiger partial charge is 0.466 e. The summed E-state index contributed by atoms with van der Waals surface area (Å²) in [4.78, 5) is 11.1. The van der Waals surface area contributed by atoms with Crippen LogP contribution in [0.3, 0.4) is 0 Å². The summed E-state index contributed by atoms with van der Waals surface area (Å²) in [6, 6.07) is 6.25. The SMILES string of the molecule is CCOC(=O)CCNc1ccccc1S(N)(=O)=O. The summed E-state index contributed by atoms with van der Waals surface area (Å²) in [7, 11) is -3.77. The molecule has 0 saturated heterocycles. The topological polar surface area (TPSA) is 98.5 Å². The highest BCUT2D eigenvalue weighted by atomic mass is 32.2. The molecule has 100 valence electrons. The number of rotatable bonds is 6. The number of nitrogens with two attached hydrogens (primary N) is 1. The second-order valence-corrected chi connectivity index (χ2v) is 5.05. The molecule has 7 heteroatoms. The molecule has 0 saturated carbocycles. The summed E-state index contributed by atoms with van der Waals surface area (Å²) < 4.78 is 27.4. The maximum absolute atomic E-state index is 11.3. The van der Waals surface area contributed by atoms with Crippen LogP contribution in [0.15, 0.2) is 29.2 Å². The van der Waals surface area contributed by atoms with E-state index in [1.807, 2.05) is 0 Å². The van der Waals surface area contributed by atoms with Crippen LogP contribution in [-0.2, 0) is 19.6 Å². The predicted octanol–water partition coefficient (Wildman–Crippen LogP) is 0.699. The van der Waals surface area contributed by atoms with Crippen LogP contribution in [0.5, 0.6) is 0 Å². The number of esters is 1. The van der Waals surface area contributed by atoms with Crippen LogP contribution in [0.1, 0.15) is 13.3 Å². The van der Waals surface area contributed by atoms with E-state index in [4.69, 9.17) is 9.88 Å². The molecule has 1 aromatic carbocycles. The molecule has 0 bridgehead atoms. The molecule has 0 aliphatic carbocycles. The highest BCUT2D eigenvalue weighted by Crippen LogP contribution is 2.18. The van der Waals surface area contributed by atoms with Gasteiger partial charge in [0.15, 0.2) is 0 Å². The lowest BCUT2D eigenvalue weighted by Gasteiger charge is -2.09. The summed E-state index contributed by atoms with van der Waals surface area (Å²) >= 11 is 0. The normalized spacial score (nSPS) is 11.0. The van der Waals surface area contributed by atoms with Crippen LogP contribution >= 0.6 is 0 Å². The van der Waals surface area contributed by atoms with Crippen molar-refractivity contribution in [2.75, 3.05) is 18.5 Å². The number of hydrogen-bond donors (Lipinski definition) is 2. The molecular formula is C11H16N2O4S. The van der Waals surface area contributed by atoms with E-state index in [1.165, 1.54) is 6.07 Å². The van der Waals surface area contributed by atoms with Gasteiger partial charge in [0.2, 0.25) is 10.0 Å². The minimum absolute atomic E-state index is 0.00820. The monoisotopic (exact) mass is 272 g/mol. The van der Waals surface area contributed by atoms with E-state index in [0.29, 0.717) is 12.3 Å². The van der Waals surface area contributed by atoms with Crippen molar-refractivity contribution in [1.82, 2.24) is 0 Å². The Balaban J connectivity index is 2.66. The lowest BCUT2D eigenvalue weighted by Crippen LogP contribution is -2.16. The molecule has 0 aliphatic heterocycles. The second kappa shape index (κ2) is 6.36. The summed E-state index contributed by atoms with van der Waals surface area (Å²) in [6.45, 7) is 2.33. The molecule has 0 fully saturated rings. The Hall–Kier alpha value is -1.60. The third kappa shape index (κ3) is 4.34. The highest BCUT2D eigenvalue weighted by Gasteiger charge is 2.12. The van der Waals surface area contributed by atoms with E-state index in [-0.39, 0.29) is 23.8 Å². The van der Waals surface area contributed by atoms with Gasteiger partial charge in [-0.15, -0.1) is 0 Å². The zero-order valence-corrected chi connectivity index (χ0v) is 10.9. The summed E-state index contributed by atoms with van der Waals surface area (Å²) in [6.07, 6.45) is 0.160. The number of primary sulfonamides is 1. The zero-order valence-electron chi connectivity index (χ0n) is 10.0. The van der Waals surface area contributed by atoms with Crippen LogP contribution in [0.2, 0.25) is 0 Å². The molecule has 0 aliphatic rings. The predicted molar refractivity (Wildman–Crippen MR) is 67.6 cm³/mol. The number of hydrogen-bond acceptors (Lipinski definition) is 5. The molecule has 6 nitrogen and oxygen atoms in total. The molecule has 1 rings (SSSR count). The maximum Gasteiger partial charge on any atom is 0.307 e. The molecule has 0 spiro atoms. The van der Waals surface area contributed by atoms with Gasteiger partial charge in [-0.3, -0.25) is 4.79 Å². The first-order valence-electron chi connectivity index (χ1n) is 5.46. The Morgan fingerprint density at radius 3 is 2.67 bits per heavy atom. The number of anilines is 1. The van der Waals surface area contributed by atoms with Crippen molar-refractivity contribution < 1.29 is 17.9 Å². The number of nitrogens with one attached hydrogen (secondary N) is 1. The van der Waals surface area contributed by atoms with E-state index in [9.17, 15) is 13.2 Å². The van der Waals surface area contributed by atoms with Gasteiger partial charge in [-0.1, -0.05) is 12.1 Å². The Labute approximate surface area is 106 Å². The van der Waals surface area contributed by atoms with Crippen LogP contribution in [0.25, 0.3) is 0 Å². The van der Waals surface area contributed by atoms with Gasteiger partial charge in [-0.05, 0) is 19.1 Å². The van der Waals surface area contributed by atoms with E-state index in [1.54, 1.807) is 25.1 Å². The second-order valence-electron chi connectivity index (χ2n) is 3.52. The van der Waals surface area contributed by atoms with Crippen LogP contribution < -0.4 is 10.5 Å². The lowest BCUT2D eigenvalue weighted by atomic mass is 10.3. The number of benzene rings is 1. The fraction of sp³-hybridized carbons (Fsp3) is 0.364. The Bertz CT molecular complexity index is 514. The van der Waals surface area contributed by atoms with Crippen molar-refractivity contribution >= 4 is 21.7 Å². The molecule has 18 heavy (non-hydrogen) atoms. The fourth-order valence-corrected chi connectivity index (χ4v) is 2.11. The molecular weight excluding hydrogens is 256 g/mol. The maximum atomic E-state index is 11.3. The van der Waals surface area contributed by atoms with E-state index >= 15 is 0 Å². The zero-order chi connectivity index (χ0) is 13.6. The molecule has 0 heterocycles. The van der Waals surface area contributed by atoms with Crippen LogP contribution in [-0.4, -0.2) is 27.5 Å². The van der Waals surface area contributed by atoms with Gasteiger partial charge in [0, 0.05) is 6.54 Å². The number of carbonyl (C=O) groups is 1. The van der Waals surface area contributed by atoms with Crippen LogP contribution in [0.4, 0.5) is 5.69 Å². The Kier molecular flexibility index (Phi) is 5.11. The molecule has 0 radical (unpaired) electrons. The molecule has 0 amide bonds. The number of sulfonamides is 1. The molecule has 3 N–H and O–H groups in total. The first kappa shape index (κ1) is 14.5. The van der Waals surface area contributed by atoms with Gasteiger partial charge in [0.05, 0.1) is 18.7 Å². The standard InChI is InChI=1S/C11H16N2O4S/c1-2-17-11(14)7-8-13-9-5-3-4-6-10(9)18(12,15)16/h3-6,13H,2,7-8H2,1H3,(H2,12,15,16). The average molecular weight is 272 g/mol. The fourth-order valence-electron chi connectivity index (χ4n) is 1.39. The first-order valence-corrected chi connectivity index (χ1v) is 7.01. The van der Waals surface area contributed by atoms with Gasteiger partial charge in [-0.25, -0.2) is 13.6 Å². The first-order chi connectivity index (χ1) is 8.45. The number of para-hydroxylation sites is 1.